The summed E-state index contributed by atoms with van der Waals surface area (Å²) in [6, 6.07) is 14.0. The van der Waals surface area contributed by atoms with Crippen LogP contribution < -0.4 is 5.32 Å². The van der Waals surface area contributed by atoms with Gasteiger partial charge in [0.05, 0.1) is 5.92 Å². The normalized spacial score (nSPS) is 17.4. The highest BCUT2D eigenvalue weighted by atomic mass is 79.9. The zero-order valence-corrected chi connectivity index (χ0v) is 11.5. The molecule has 3 rings (SSSR count). The highest BCUT2D eigenvalue weighted by Gasteiger charge is 2.32. The summed E-state index contributed by atoms with van der Waals surface area (Å²) in [5.74, 6) is -0.133. The minimum Gasteiger partial charge on any atom is -0.325 e. The van der Waals surface area contributed by atoms with E-state index in [0.29, 0.717) is 0 Å². The van der Waals surface area contributed by atoms with Crippen LogP contribution in [0.1, 0.15) is 22.6 Å². The first-order valence-corrected chi connectivity index (χ1v) is 6.62. The Kier molecular flexibility index (Phi) is 2.71. The molecule has 1 heterocycles. The van der Waals surface area contributed by atoms with Crippen LogP contribution in [0.4, 0.5) is 5.69 Å². The molecule has 90 valence electrons. The fourth-order valence-corrected chi connectivity index (χ4v) is 2.82. The largest absolute Gasteiger partial charge is 0.325 e. The van der Waals surface area contributed by atoms with Crippen LogP contribution in [0.3, 0.4) is 0 Å². The second kappa shape index (κ2) is 4.25. The van der Waals surface area contributed by atoms with Gasteiger partial charge in [0.1, 0.15) is 0 Å². The van der Waals surface area contributed by atoms with Crippen LogP contribution >= 0.6 is 15.9 Å². The number of halogens is 1. The SMILES string of the molecule is Cc1ccccc1C1C(=O)Nc2cc(Br)ccc21. The molecular weight excluding hydrogens is 290 g/mol. The molecule has 0 bridgehead atoms. The summed E-state index contributed by atoms with van der Waals surface area (Å²) in [6.07, 6.45) is 0. The van der Waals surface area contributed by atoms with Gasteiger partial charge in [-0.05, 0) is 35.7 Å². The summed E-state index contributed by atoms with van der Waals surface area (Å²) in [5, 5.41) is 2.95. The van der Waals surface area contributed by atoms with Gasteiger partial charge in [0.15, 0.2) is 0 Å². The third-order valence-electron chi connectivity index (χ3n) is 3.35. The molecule has 3 heteroatoms. The number of carbonyl (C=O) groups is 1. The van der Waals surface area contributed by atoms with Crippen molar-refractivity contribution in [2.75, 3.05) is 5.32 Å². The molecule has 2 aromatic rings. The van der Waals surface area contributed by atoms with Crippen LogP contribution in [-0.4, -0.2) is 5.91 Å². The number of anilines is 1. The second-order valence-corrected chi connectivity index (χ2v) is 5.43. The molecule has 0 aliphatic carbocycles. The van der Waals surface area contributed by atoms with Crippen molar-refractivity contribution in [3.63, 3.8) is 0 Å². The maximum absolute atomic E-state index is 12.2. The third-order valence-corrected chi connectivity index (χ3v) is 3.84. The van der Waals surface area contributed by atoms with Crippen LogP contribution in [0.25, 0.3) is 0 Å². The van der Waals surface area contributed by atoms with Crippen LogP contribution in [-0.2, 0) is 4.79 Å². The molecule has 0 aromatic heterocycles. The van der Waals surface area contributed by atoms with E-state index in [4.69, 9.17) is 0 Å². The third kappa shape index (κ3) is 1.75. The Labute approximate surface area is 114 Å². The van der Waals surface area contributed by atoms with Gasteiger partial charge in [-0.25, -0.2) is 0 Å². The number of amides is 1. The van der Waals surface area contributed by atoms with Gasteiger partial charge in [-0.1, -0.05) is 46.3 Å². The van der Waals surface area contributed by atoms with Crippen molar-refractivity contribution < 1.29 is 4.79 Å². The number of hydrogen-bond acceptors (Lipinski definition) is 1. The maximum Gasteiger partial charge on any atom is 0.236 e. The van der Waals surface area contributed by atoms with E-state index in [2.05, 4.69) is 21.2 Å². The molecule has 0 saturated carbocycles. The number of aryl methyl sites for hydroxylation is 1. The van der Waals surface area contributed by atoms with Crippen molar-refractivity contribution >= 4 is 27.5 Å². The van der Waals surface area contributed by atoms with Crippen molar-refractivity contribution in [1.29, 1.82) is 0 Å². The number of carbonyl (C=O) groups excluding carboxylic acids is 1. The van der Waals surface area contributed by atoms with Crippen molar-refractivity contribution in [3.8, 4) is 0 Å². The summed E-state index contributed by atoms with van der Waals surface area (Å²) < 4.78 is 0.979. The minimum atomic E-state index is -0.186. The van der Waals surface area contributed by atoms with Gasteiger partial charge in [0, 0.05) is 10.2 Å². The van der Waals surface area contributed by atoms with E-state index in [0.717, 1.165) is 26.9 Å². The molecule has 1 aliphatic heterocycles. The zero-order valence-electron chi connectivity index (χ0n) is 9.91. The molecule has 1 unspecified atom stereocenters. The molecule has 0 fully saturated rings. The minimum absolute atomic E-state index is 0.0531. The van der Waals surface area contributed by atoms with Crippen molar-refractivity contribution in [3.05, 3.63) is 63.6 Å². The first-order valence-electron chi connectivity index (χ1n) is 5.82. The summed E-state index contributed by atoms with van der Waals surface area (Å²) in [6.45, 7) is 2.04. The summed E-state index contributed by atoms with van der Waals surface area (Å²) in [5.41, 5.74) is 4.18. The van der Waals surface area contributed by atoms with Crippen LogP contribution in [0.5, 0.6) is 0 Å². The van der Waals surface area contributed by atoms with Crippen LogP contribution in [0.2, 0.25) is 0 Å². The zero-order chi connectivity index (χ0) is 12.7. The van der Waals surface area contributed by atoms with Gasteiger partial charge in [0.25, 0.3) is 0 Å². The Bertz CT molecular complexity index is 636. The fourth-order valence-electron chi connectivity index (χ4n) is 2.45. The van der Waals surface area contributed by atoms with E-state index < -0.39 is 0 Å². The van der Waals surface area contributed by atoms with Crippen molar-refractivity contribution in [2.45, 2.75) is 12.8 Å². The van der Waals surface area contributed by atoms with Gasteiger partial charge in [-0.2, -0.15) is 0 Å². The number of nitrogens with one attached hydrogen (secondary N) is 1. The molecule has 2 aromatic carbocycles. The molecule has 1 atom stereocenters. The number of fused-ring (bicyclic) bond motifs is 1. The lowest BCUT2D eigenvalue weighted by Gasteiger charge is -2.12. The molecule has 1 amide bonds. The van der Waals surface area contributed by atoms with E-state index in [1.807, 2.05) is 49.4 Å². The van der Waals surface area contributed by atoms with E-state index in [-0.39, 0.29) is 11.8 Å². The Morgan fingerprint density at radius 1 is 1.11 bits per heavy atom. The molecule has 0 spiro atoms. The quantitative estimate of drug-likeness (QED) is 0.852. The molecule has 0 radical (unpaired) electrons. The second-order valence-electron chi connectivity index (χ2n) is 4.51. The highest BCUT2D eigenvalue weighted by molar-refractivity contribution is 9.10. The van der Waals surface area contributed by atoms with Crippen molar-refractivity contribution in [1.82, 2.24) is 0 Å². The lowest BCUT2D eigenvalue weighted by atomic mass is 9.90. The maximum atomic E-state index is 12.2. The van der Waals surface area contributed by atoms with E-state index in [9.17, 15) is 4.79 Å². The summed E-state index contributed by atoms with van der Waals surface area (Å²) >= 11 is 3.42. The number of rotatable bonds is 1. The first kappa shape index (κ1) is 11.5. The Balaban J connectivity index is 2.15. The van der Waals surface area contributed by atoms with Gasteiger partial charge in [-0.15, -0.1) is 0 Å². The Morgan fingerprint density at radius 3 is 2.67 bits per heavy atom. The van der Waals surface area contributed by atoms with Gasteiger partial charge in [0.2, 0.25) is 5.91 Å². The first-order chi connectivity index (χ1) is 8.66. The van der Waals surface area contributed by atoms with Gasteiger partial charge in [-0.3, -0.25) is 4.79 Å². The Morgan fingerprint density at radius 2 is 1.89 bits per heavy atom. The van der Waals surface area contributed by atoms with Gasteiger partial charge < -0.3 is 5.32 Å². The van der Waals surface area contributed by atoms with E-state index in [1.165, 1.54) is 0 Å². The predicted octanol–water partition coefficient (Wildman–Crippen LogP) is 3.84. The monoisotopic (exact) mass is 301 g/mol. The Hall–Kier alpha value is -1.61. The van der Waals surface area contributed by atoms with Gasteiger partial charge >= 0.3 is 0 Å². The van der Waals surface area contributed by atoms with Crippen LogP contribution in [0, 0.1) is 6.92 Å². The average molecular weight is 302 g/mol. The average Bonchev–Trinajstić information content (AvgIpc) is 2.65. The lowest BCUT2D eigenvalue weighted by molar-refractivity contribution is -0.116. The molecule has 1 N–H and O–H groups in total. The van der Waals surface area contributed by atoms with E-state index >= 15 is 0 Å². The van der Waals surface area contributed by atoms with Crippen molar-refractivity contribution in [2.24, 2.45) is 0 Å². The molecule has 0 saturated heterocycles. The summed E-state index contributed by atoms with van der Waals surface area (Å²) in [4.78, 5) is 12.2. The molecule has 2 nitrogen and oxygen atoms in total. The predicted molar refractivity (Wildman–Crippen MR) is 75.8 cm³/mol. The summed E-state index contributed by atoms with van der Waals surface area (Å²) in [7, 11) is 0. The standard InChI is InChI=1S/C15H12BrNO/c1-9-4-2-3-5-11(9)14-12-7-6-10(16)8-13(12)17-15(14)18/h2-8,14H,1H3,(H,17,18). The van der Waals surface area contributed by atoms with Crippen LogP contribution in [0.15, 0.2) is 46.9 Å². The topological polar surface area (TPSA) is 29.1 Å². The lowest BCUT2D eigenvalue weighted by Crippen LogP contribution is -2.14. The molecule has 1 aliphatic rings. The smallest absolute Gasteiger partial charge is 0.236 e. The highest BCUT2D eigenvalue weighted by Crippen LogP contribution is 2.39. The fraction of sp³-hybridized carbons (Fsp3) is 0.133. The van der Waals surface area contributed by atoms with E-state index in [1.54, 1.807) is 0 Å². The number of hydrogen-bond donors (Lipinski definition) is 1. The molecule has 18 heavy (non-hydrogen) atoms. The molecular formula is C15H12BrNO. The number of benzene rings is 2.